The number of carbonyl (C=O) groups is 1. The van der Waals surface area contributed by atoms with E-state index in [1.165, 1.54) is 0 Å². The van der Waals surface area contributed by atoms with Crippen molar-refractivity contribution in [3.63, 3.8) is 0 Å². The van der Waals surface area contributed by atoms with Crippen LogP contribution in [0.15, 0.2) is 0 Å². The van der Waals surface area contributed by atoms with Crippen LogP contribution in [-0.4, -0.2) is 49.2 Å². The number of ether oxygens (including phenoxy) is 1. The molecule has 4 nitrogen and oxygen atoms in total. The smallest absolute Gasteiger partial charge is 0.219 e. The number of morpholine rings is 1. The molecule has 2 saturated heterocycles. The Labute approximate surface area is 71.9 Å². The van der Waals surface area contributed by atoms with Gasteiger partial charge >= 0.3 is 0 Å². The van der Waals surface area contributed by atoms with Crippen molar-refractivity contribution in [2.45, 2.75) is 19.1 Å². The van der Waals surface area contributed by atoms with Gasteiger partial charge in [0.25, 0.3) is 0 Å². The Balaban J connectivity index is 2.08. The van der Waals surface area contributed by atoms with E-state index in [-0.39, 0.29) is 18.1 Å². The van der Waals surface area contributed by atoms with Crippen molar-refractivity contribution >= 4 is 5.91 Å². The molecule has 0 aromatic carbocycles. The highest BCUT2D eigenvalue weighted by molar-refractivity contribution is 5.73. The van der Waals surface area contributed by atoms with Crippen LogP contribution in [0.1, 0.15) is 6.92 Å². The molecule has 1 N–H and O–H groups in total. The predicted molar refractivity (Wildman–Crippen MR) is 43.8 cm³/mol. The summed E-state index contributed by atoms with van der Waals surface area (Å²) in [6.45, 7) is 4.82. The lowest BCUT2D eigenvalue weighted by molar-refractivity contribution is -0.140. The van der Waals surface area contributed by atoms with Crippen molar-refractivity contribution < 1.29 is 9.53 Å². The molecule has 0 aromatic heterocycles. The molecule has 0 unspecified atom stereocenters. The molecule has 12 heavy (non-hydrogen) atoms. The molecule has 0 spiro atoms. The Kier molecular flexibility index (Phi) is 2.02. The van der Waals surface area contributed by atoms with Crippen LogP contribution in [0.25, 0.3) is 0 Å². The van der Waals surface area contributed by atoms with E-state index in [9.17, 15) is 4.79 Å². The zero-order valence-corrected chi connectivity index (χ0v) is 7.25. The largest absolute Gasteiger partial charge is 0.373 e. The van der Waals surface area contributed by atoms with Gasteiger partial charge in [0.2, 0.25) is 5.91 Å². The van der Waals surface area contributed by atoms with Gasteiger partial charge in [0.05, 0.1) is 18.8 Å². The molecule has 0 saturated carbocycles. The van der Waals surface area contributed by atoms with Gasteiger partial charge in [-0.1, -0.05) is 0 Å². The monoisotopic (exact) mass is 170 g/mol. The van der Waals surface area contributed by atoms with Crippen LogP contribution in [0, 0.1) is 0 Å². The molecule has 2 atom stereocenters. The molecule has 0 aromatic rings. The number of carbonyl (C=O) groups excluding carboxylic acids is 1. The van der Waals surface area contributed by atoms with Gasteiger partial charge < -0.3 is 15.0 Å². The highest BCUT2D eigenvalue weighted by Crippen LogP contribution is 2.17. The first-order valence-electron chi connectivity index (χ1n) is 4.38. The molecule has 2 fully saturated rings. The van der Waals surface area contributed by atoms with Crippen LogP contribution < -0.4 is 5.32 Å². The van der Waals surface area contributed by atoms with Gasteiger partial charge in [-0.3, -0.25) is 4.79 Å². The van der Waals surface area contributed by atoms with Gasteiger partial charge in [-0.25, -0.2) is 0 Å². The molecule has 1 amide bonds. The van der Waals surface area contributed by atoms with E-state index in [4.69, 9.17) is 4.74 Å². The maximum absolute atomic E-state index is 11.2. The fourth-order valence-electron chi connectivity index (χ4n) is 1.98. The summed E-state index contributed by atoms with van der Waals surface area (Å²) in [5.74, 6) is 0.164. The van der Waals surface area contributed by atoms with Crippen LogP contribution in [-0.2, 0) is 9.53 Å². The molecule has 2 rings (SSSR count). The minimum absolute atomic E-state index is 0.164. The SMILES string of the molecule is CC(=O)N1CCO[C@@H]2CNC[C@@H]21. The Morgan fingerprint density at radius 1 is 1.58 bits per heavy atom. The number of fused-ring (bicyclic) bond motifs is 1. The summed E-state index contributed by atoms with van der Waals surface area (Å²) in [5.41, 5.74) is 0. The number of amides is 1. The minimum atomic E-state index is 0.164. The van der Waals surface area contributed by atoms with Crippen LogP contribution in [0.3, 0.4) is 0 Å². The van der Waals surface area contributed by atoms with Gasteiger partial charge in [-0.2, -0.15) is 0 Å². The van der Waals surface area contributed by atoms with Gasteiger partial charge in [-0.15, -0.1) is 0 Å². The summed E-state index contributed by atoms with van der Waals surface area (Å²) in [4.78, 5) is 13.1. The summed E-state index contributed by atoms with van der Waals surface area (Å²) in [5, 5.41) is 3.23. The fraction of sp³-hybridized carbons (Fsp3) is 0.875. The molecule has 0 aliphatic carbocycles. The van der Waals surface area contributed by atoms with Crippen LogP contribution in [0.2, 0.25) is 0 Å². The second-order valence-electron chi connectivity index (χ2n) is 3.35. The molecular formula is C8H14N2O2. The van der Waals surface area contributed by atoms with E-state index in [0.29, 0.717) is 6.61 Å². The van der Waals surface area contributed by atoms with Crippen LogP contribution in [0.4, 0.5) is 0 Å². The third-order valence-electron chi connectivity index (χ3n) is 2.60. The average Bonchev–Trinajstić information content (AvgIpc) is 2.49. The zero-order valence-electron chi connectivity index (χ0n) is 7.25. The van der Waals surface area contributed by atoms with Crippen molar-refractivity contribution in [1.29, 1.82) is 0 Å². The summed E-state index contributed by atoms with van der Waals surface area (Å²) in [6.07, 6.45) is 0.225. The van der Waals surface area contributed by atoms with Gasteiger partial charge in [0, 0.05) is 26.6 Å². The molecule has 4 heteroatoms. The maximum atomic E-state index is 11.2. The molecule has 0 radical (unpaired) electrons. The molecular weight excluding hydrogens is 156 g/mol. The second kappa shape index (κ2) is 3.03. The number of nitrogens with one attached hydrogen (secondary N) is 1. The first-order valence-corrected chi connectivity index (χ1v) is 4.38. The predicted octanol–water partition coefficient (Wildman–Crippen LogP) is -0.794. The van der Waals surface area contributed by atoms with E-state index < -0.39 is 0 Å². The van der Waals surface area contributed by atoms with Gasteiger partial charge in [-0.05, 0) is 0 Å². The molecule has 68 valence electrons. The summed E-state index contributed by atoms with van der Waals surface area (Å²) in [7, 11) is 0. The van der Waals surface area contributed by atoms with Crippen molar-refractivity contribution in [3.05, 3.63) is 0 Å². The lowest BCUT2D eigenvalue weighted by Crippen LogP contribution is -2.52. The number of rotatable bonds is 0. The van der Waals surface area contributed by atoms with E-state index in [0.717, 1.165) is 19.6 Å². The second-order valence-corrected chi connectivity index (χ2v) is 3.35. The van der Waals surface area contributed by atoms with E-state index in [2.05, 4.69) is 5.32 Å². The highest BCUT2D eigenvalue weighted by Gasteiger charge is 2.36. The zero-order chi connectivity index (χ0) is 8.55. The van der Waals surface area contributed by atoms with Crippen LogP contribution in [0.5, 0.6) is 0 Å². The summed E-state index contributed by atoms with van der Waals surface area (Å²) >= 11 is 0. The Morgan fingerprint density at radius 2 is 2.42 bits per heavy atom. The molecule has 2 aliphatic rings. The molecule has 2 aliphatic heterocycles. The first kappa shape index (κ1) is 8.01. The Morgan fingerprint density at radius 3 is 3.17 bits per heavy atom. The normalized spacial score (nSPS) is 34.9. The quantitative estimate of drug-likeness (QED) is 0.518. The van der Waals surface area contributed by atoms with Gasteiger partial charge in [0.1, 0.15) is 0 Å². The number of nitrogens with zero attached hydrogens (tertiary/aromatic N) is 1. The topological polar surface area (TPSA) is 41.6 Å². The molecule has 0 bridgehead atoms. The maximum Gasteiger partial charge on any atom is 0.219 e. The fourth-order valence-corrected chi connectivity index (χ4v) is 1.98. The number of hydrogen-bond acceptors (Lipinski definition) is 3. The van der Waals surface area contributed by atoms with Crippen molar-refractivity contribution in [1.82, 2.24) is 10.2 Å². The lowest BCUT2D eigenvalue weighted by atomic mass is 10.1. The third-order valence-corrected chi connectivity index (χ3v) is 2.60. The third kappa shape index (κ3) is 1.21. The summed E-state index contributed by atoms with van der Waals surface area (Å²) < 4.78 is 5.53. The van der Waals surface area contributed by atoms with E-state index in [1.807, 2.05) is 4.90 Å². The van der Waals surface area contributed by atoms with Crippen molar-refractivity contribution in [2.24, 2.45) is 0 Å². The first-order chi connectivity index (χ1) is 5.79. The minimum Gasteiger partial charge on any atom is -0.373 e. The summed E-state index contributed by atoms with van der Waals surface area (Å²) in [6, 6.07) is 0.274. The Hall–Kier alpha value is -0.610. The molecule has 2 heterocycles. The lowest BCUT2D eigenvalue weighted by Gasteiger charge is -2.36. The van der Waals surface area contributed by atoms with E-state index in [1.54, 1.807) is 6.92 Å². The van der Waals surface area contributed by atoms with Crippen molar-refractivity contribution in [2.75, 3.05) is 26.2 Å². The van der Waals surface area contributed by atoms with Crippen LogP contribution >= 0.6 is 0 Å². The highest BCUT2D eigenvalue weighted by atomic mass is 16.5. The average molecular weight is 170 g/mol. The standard InChI is InChI=1S/C8H14N2O2/c1-6(11)10-2-3-12-8-5-9-4-7(8)10/h7-9H,2-5H2,1H3/t7-,8+/m0/s1. The van der Waals surface area contributed by atoms with Crippen molar-refractivity contribution in [3.8, 4) is 0 Å². The number of hydrogen-bond donors (Lipinski definition) is 1. The Bertz CT molecular complexity index is 195. The van der Waals surface area contributed by atoms with E-state index >= 15 is 0 Å². The van der Waals surface area contributed by atoms with Gasteiger partial charge in [0.15, 0.2) is 0 Å².